The molecule has 1 aromatic rings. The second kappa shape index (κ2) is 5.11. The Kier molecular flexibility index (Phi) is 4.03. The van der Waals surface area contributed by atoms with E-state index in [9.17, 15) is 13.2 Å². The van der Waals surface area contributed by atoms with Crippen LogP contribution in [0.1, 0.15) is 11.5 Å². The molecule has 1 amide bonds. The highest BCUT2D eigenvalue weighted by Crippen LogP contribution is 2.24. The lowest BCUT2D eigenvalue weighted by Crippen LogP contribution is -2.24. The van der Waals surface area contributed by atoms with E-state index in [-0.39, 0.29) is 5.57 Å². The molecule has 0 heterocycles. The van der Waals surface area contributed by atoms with Crippen LogP contribution in [0.5, 0.6) is 0 Å². The summed E-state index contributed by atoms with van der Waals surface area (Å²) in [5, 5.41) is 0. The number of nitrogens with two attached hydrogens (primary N) is 1. The molecule has 5 nitrogen and oxygen atoms in total. The lowest BCUT2D eigenvalue weighted by molar-refractivity contribution is -0.114. The molecule has 0 aromatic heterocycles. The second-order valence-corrected chi connectivity index (χ2v) is 5.10. The van der Waals surface area contributed by atoms with Gasteiger partial charge in [-0.3, -0.25) is 9.35 Å². The Hall–Kier alpha value is -1.66. The third kappa shape index (κ3) is 4.01. The van der Waals surface area contributed by atoms with E-state index in [1.165, 1.54) is 0 Å². The smallest absolute Gasteiger partial charge is 0.265 e. The van der Waals surface area contributed by atoms with Crippen LogP contribution in [-0.2, 0) is 14.9 Å². The molecule has 0 aliphatic rings. The molecular formula is C11H13NO4S. The first-order valence-electron chi connectivity index (χ1n) is 4.80. The Morgan fingerprint density at radius 2 is 1.88 bits per heavy atom. The molecule has 1 atom stereocenters. The number of benzene rings is 1. The number of carbonyl (C=O) groups excluding carboxylic acids is 1. The van der Waals surface area contributed by atoms with E-state index < -0.39 is 27.7 Å². The number of primary amides is 1. The maximum atomic E-state index is 11.0. The third-order valence-corrected chi connectivity index (χ3v) is 3.07. The van der Waals surface area contributed by atoms with Crippen molar-refractivity contribution in [2.45, 2.75) is 5.92 Å². The highest BCUT2D eigenvalue weighted by Gasteiger charge is 2.24. The summed E-state index contributed by atoms with van der Waals surface area (Å²) in [4.78, 5) is 11.0. The zero-order chi connectivity index (χ0) is 13.1. The molecule has 1 unspecified atom stereocenters. The summed E-state index contributed by atoms with van der Waals surface area (Å²) in [6.07, 6.45) is 0. The Morgan fingerprint density at radius 3 is 2.29 bits per heavy atom. The van der Waals surface area contributed by atoms with Crippen LogP contribution in [0.4, 0.5) is 0 Å². The van der Waals surface area contributed by atoms with Gasteiger partial charge in [0.05, 0.1) is 5.75 Å². The van der Waals surface area contributed by atoms with Crippen molar-refractivity contribution < 1.29 is 17.8 Å². The van der Waals surface area contributed by atoms with Gasteiger partial charge < -0.3 is 5.73 Å². The predicted octanol–water partition coefficient (Wildman–Crippen LogP) is 0.699. The van der Waals surface area contributed by atoms with Crippen molar-refractivity contribution in [2.24, 2.45) is 5.73 Å². The van der Waals surface area contributed by atoms with E-state index in [4.69, 9.17) is 10.3 Å². The maximum absolute atomic E-state index is 11.0. The molecule has 0 spiro atoms. The average Bonchev–Trinajstić information content (AvgIpc) is 2.25. The first-order valence-corrected chi connectivity index (χ1v) is 6.41. The summed E-state index contributed by atoms with van der Waals surface area (Å²) < 4.78 is 30.7. The van der Waals surface area contributed by atoms with Crippen LogP contribution in [0.15, 0.2) is 42.5 Å². The van der Waals surface area contributed by atoms with Crippen molar-refractivity contribution in [3.05, 3.63) is 48.0 Å². The molecule has 3 N–H and O–H groups in total. The van der Waals surface area contributed by atoms with Gasteiger partial charge in [-0.2, -0.15) is 8.42 Å². The van der Waals surface area contributed by atoms with Gasteiger partial charge in [-0.1, -0.05) is 36.9 Å². The zero-order valence-electron chi connectivity index (χ0n) is 9.04. The fraction of sp³-hybridized carbons (Fsp3) is 0.182. The van der Waals surface area contributed by atoms with Crippen LogP contribution in [-0.4, -0.2) is 24.6 Å². The second-order valence-electron chi connectivity index (χ2n) is 3.60. The maximum Gasteiger partial charge on any atom is 0.265 e. The van der Waals surface area contributed by atoms with Crippen molar-refractivity contribution in [1.82, 2.24) is 0 Å². The zero-order valence-corrected chi connectivity index (χ0v) is 9.85. The lowest BCUT2D eigenvalue weighted by Gasteiger charge is -2.16. The highest BCUT2D eigenvalue weighted by molar-refractivity contribution is 7.85. The summed E-state index contributed by atoms with van der Waals surface area (Å²) in [7, 11) is -4.22. The van der Waals surface area contributed by atoms with Crippen LogP contribution in [0, 0.1) is 0 Å². The van der Waals surface area contributed by atoms with Crippen LogP contribution in [0.3, 0.4) is 0 Å². The van der Waals surface area contributed by atoms with Crippen molar-refractivity contribution in [1.29, 1.82) is 0 Å². The Bertz CT molecular complexity index is 522. The molecule has 0 fully saturated rings. The van der Waals surface area contributed by atoms with Gasteiger partial charge in [0.15, 0.2) is 0 Å². The minimum atomic E-state index is -4.22. The van der Waals surface area contributed by atoms with Crippen LogP contribution < -0.4 is 5.73 Å². The summed E-state index contributed by atoms with van der Waals surface area (Å²) in [6, 6.07) is 8.43. The van der Waals surface area contributed by atoms with Crippen LogP contribution in [0.25, 0.3) is 0 Å². The van der Waals surface area contributed by atoms with E-state index in [0.29, 0.717) is 5.56 Å². The molecule has 0 radical (unpaired) electrons. The van der Waals surface area contributed by atoms with Crippen molar-refractivity contribution in [2.75, 3.05) is 5.75 Å². The fourth-order valence-corrected chi connectivity index (χ4v) is 2.28. The van der Waals surface area contributed by atoms with Gasteiger partial charge in [0.2, 0.25) is 5.91 Å². The van der Waals surface area contributed by atoms with E-state index in [2.05, 4.69) is 6.58 Å². The number of hydrogen-bond acceptors (Lipinski definition) is 3. The Balaban J connectivity index is 3.12. The van der Waals surface area contributed by atoms with Gasteiger partial charge in [0.1, 0.15) is 0 Å². The molecule has 1 aromatic carbocycles. The highest BCUT2D eigenvalue weighted by atomic mass is 32.2. The minimum absolute atomic E-state index is 0.0474. The molecule has 6 heteroatoms. The number of hydrogen-bond donors (Lipinski definition) is 2. The number of amides is 1. The summed E-state index contributed by atoms with van der Waals surface area (Å²) in [5.41, 5.74) is 5.59. The van der Waals surface area contributed by atoms with Gasteiger partial charge in [0.25, 0.3) is 10.1 Å². The van der Waals surface area contributed by atoms with E-state index in [1.54, 1.807) is 30.3 Å². The first-order chi connectivity index (χ1) is 7.81. The molecule has 0 saturated carbocycles. The van der Waals surface area contributed by atoms with Crippen molar-refractivity contribution >= 4 is 16.0 Å². The quantitative estimate of drug-likeness (QED) is 0.597. The van der Waals surface area contributed by atoms with Gasteiger partial charge in [0, 0.05) is 11.5 Å². The molecule has 1 rings (SSSR count). The van der Waals surface area contributed by atoms with Crippen LogP contribution in [0.2, 0.25) is 0 Å². The van der Waals surface area contributed by atoms with Crippen molar-refractivity contribution in [3.8, 4) is 0 Å². The van der Waals surface area contributed by atoms with Crippen LogP contribution >= 0.6 is 0 Å². The predicted molar refractivity (Wildman–Crippen MR) is 63.9 cm³/mol. The molecule has 0 aliphatic carbocycles. The third-order valence-electron chi connectivity index (χ3n) is 2.32. The average molecular weight is 255 g/mol. The lowest BCUT2D eigenvalue weighted by atomic mass is 9.93. The van der Waals surface area contributed by atoms with Gasteiger partial charge in [-0.15, -0.1) is 0 Å². The van der Waals surface area contributed by atoms with Gasteiger partial charge in [-0.25, -0.2) is 0 Å². The first kappa shape index (κ1) is 13.4. The number of carbonyl (C=O) groups is 1. The monoisotopic (exact) mass is 255 g/mol. The van der Waals surface area contributed by atoms with Gasteiger partial charge in [-0.05, 0) is 5.56 Å². The largest absolute Gasteiger partial charge is 0.366 e. The SMILES string of the molecule is C=C(C(N)=O)C(CS(=O)(=O)O)c1ccccc1. The van der Waals surface area contributed by atoms with E-state index in [1.807, 2.05) is 0 Å². The Morgan fingerprint density at radius 1 is 1.35 bits per heavy atom. The van der Waals surface area contributed by atoms with E-state index >= 15 is 0 Å². The molecule has 0 saturated heterocycles. The van der Waals surface area contributed by atoms with Gasteiger partial charge >= 0.3 is 0 Å². The molecule has 0 bridgehead atoms. The normalized spacial score (nSPS) is 13.0. The van der Waals surface area contributed by atoms with Crippen molar-refractivity contribution in [3.63, 3.8) is 0 Å². The Labute approximate surface area is 99.7 Å². The fourth-order valence-electron chi connectivity index (χ4n) is 1.47. The minimum Gasteiger partial charge on any atom is -0.366 e. The molecule has 92 valence electrons. The summed E-state index contributed by atoms with van der Waals surface area (Å²) in [5.74, 6) is -2.23. The standard InChI is InChI=1S/C11H13NO4S/c1-8(11(12)13)10(7-17(14,15)16)9-5-3-2-4-6-9/h2-6,10H,1,7H2,(H2,12,13)(H,14,15,16). The molecular weight excluding hydrogens is 242 g/mol. The summed E-state index contributed by atoms with van der Waals surface area (Å²) >= 11 is 0. The molecule has 0 aliphatic heterocycles. The van der Waals surface area contributed by atoms with E-state index in [0.717, 1.165) is 0 Å². The number of rotatable bonds is 5. The summed E-state index contributed by atoms with van der Waals surface area (Å²) in [6.45, 7) is 3.46. The topological polar surface area (TPSA) is 97.5 Å². The molecule has 17 heavy (non-hydrogen) atoms.